The molecule has 0 unspecified atom stereocenters. The van der Waals surface area contributed by atoms with Crippen molar-refractivity contribution in [1.82, 2.24) is 0 Å². The third-order valence-electron chi connectivity index (χ3n) is 6.57. The zero-order valence-corrected chi connectivity index (χ0v) is 20.1. The van der Waals surface area contributed by atoms with Crippen LogP contribution in [0.25, 0.3) is 0 Å². The van der Waals surface area contributed by atoms with Gasteiger partial charge in [0.15, 0.2) is 5.78 Å². The summed E-state index contributed by atoms with van der Waals surface area (Å²) in [4.78, 5) is 29.5. The SMILES string of the molecule is CC1(C)CC(=O)C2=C(C1)Nc1ccccc1N(C(=O)Cc1ccccc1)[C@H]2c1ccccc1Cl. The highest BCUT2D eigenvalue weighted by molar-refractivity contribution is 6.31. The fraction of sp³-hybridized carbons (Fsp3) is 0.241. The lowest BCUT2D eigenvalue weighted by Crippen LogP contribution is -2.40. The maximum atomic E-state index is 14.0. The second-order valence-corrected chi connectivity index (χ2v) is 10.2. The molecule has 5 heteroatoms. The van der Waals surface area contributed by atoms with Gasteiger partial charge in [0.1, 0.15) is 0 Å². The summed E-state index contributed by atoms with van der Waals surface area (Å²) >= 11 is 6.71. The Labute approximate surface area is 205 Å². The monoisotopic (exact) mass is 470 g/mol. The van der Waals surface area contributed by atoms with Crippen LogP contribution in [0.15, 0.2) is 90.1 Å². The van der Waals surface area contributed by atoms with Crippen molar-refractivity contribution in [1.29, 1.82) is 0 Å². The number of hydrogen-bond acceptors (Lipinski definition) is 3. The second-order valence-electron chi connectivity index (χ2n) is 9.83. The van der Waals surface area contributed by atoms with Gasteiger partial charge < -0.3 is 5.32 Å². The number of Topliss-reactive ketones (excluding diaryl/α,β-unsaturated/α-hetero) is 1. The Balaban J connectivity index is 1.74. The van der Waals surface area contributed by atoms with Crippen molar-refractivity contribution >= 4 is 34.7 Å². The normalized spacial score (nSPS) is 19.1. The quantitative estimate of drug-likeness (QED) is 0.462. The van der Waals surface area contributed by atoms with Crippen molar-refractivity contribution in [2.45, 2.75) is 39.2 Å². The fourth-order valence-electron chi connectivity index (χ4n) is 5.11. The Morgan fingerprint density at radius 1 is 0.971 bits per heavy atom. The topological polar surface area (TPSA) is 49.4 Å². The average Bonchev–Trinajstić information content (AvgIpc) is 2.93. The predicted molar refractivity (Wildman–Crippen MR) is 137 cm³/mol. The van der Waals surface area contributed by atoms with Crippen molar-refractivity contribution in [3.05, 3.63) is 106 Å². The van der Waals surface area contributed by atoms with Crippen molar-refractivity contribution in [3.8, 4) is 0 Å². The highest BCUT2D eigenvalue weighted by atomic mass is 35.5. The number of ketones is 1. The Hall–Kier alpha value is -3.37. The summed E-state index contributed by atoms with van der Waals surface area (Å²) in [5.74, 6) is -0.0364. The molecule has 0 radical (unpaired) electrons. The molecule has 0 spiro atoms. The van der Waals surface area contributed by atoms with Gasteiger partial charge in [0, 0.05) is 22.7 Å². The number of rotatable bonds is 3. The molecular weight excluding hydrogens is 444 g/mol. The first-order valence-corrected chi connectivity index (χ1v) is 11.9. The van der Waals surface area contributed by atoms with E-state index in [0.29, 0.717) is 23.4 Å². The van der Waals surface area contributed by atoms with E-state index in [1.807, 2.05) is 78.9 Å². The molecule has 4 nitrogen and oxygen atoms in total. The lowest BCUT2D eigenvalue weighted by atomic mass is 9.73. The molecule has 34 heavy (non-hydrogen) atoms. The first-order chi connectivity index (χ1) is 16.3. The van der Waals surface area contributed by atoms with Gasteiger partial charge >= 0.3 is 0 Å². The van der Waals surface area contributed by atoms with Crippen molar-refractivity contribution in [3.63, 3.8) is 0 Å². The van der Waals surface area contributed by atoms with Crippen molar-refractivity contribution in [2.75, 3.05) is 10.2 Å². The number of fused-ring (bicyclic) bond motifs is 1. The zero-order chi connectivity index (χ0) is 23.9. The van der Waals surface area contributed by atoms with Gasteiger partial charge in [-0.3, -0.25) is 14.5 Å². The number of allylic oxidation sites excluding steroid dienone is 1. The number of carbonyl (C=O) groups excluding carboxylic acids is 2. The van der Waals surface area contributed by atoms with Crippen molar-refractivity contribution < 1.29 is 9.59 Å². The molecule has 1 N–H and O–H groups in total. The number of para-hydroxylation sites is 2. The summed E-state index contributed by atoms with van der Waals surface area (Å²) in [6.45, 7) is 4.21. The molecule has 0 saturated heterocycles. The smallest absolute Gasteiger partial charge is 0.232 e. The van der Waals surface area contributed by atoms with Gasteiger partial charge in [-0.15, -0.1) is 0 Å². The molecule has 5 rings (SSSR count). The molecule has 0 aromatic heterocycles. The molecule has 3 aromatic carbocycles. The Morgan fingerprint density at radius 2 is 1.65 bits per heavy atom. The van der Waals surface area contributed by atoms with E-state index in [-0.39, 0.29) is 23.5 Å². The minimum atomic E-state index is -0.611. The summed E-state index contributed by atoms with van der Waals surface area (Å²) in [6.07, 6.45) is 1.36. The van der Waals surface area contributed by atoms with Crippen LogP contribution < -0.4 is 10.2 Å². The van der Waals surface area contributed by atoms with E-state index < -0.39 is 6.04 Å². The second kappa shape index (κ2) is 8.77. The highest BCUT2D eigenvalue weighted by Crippen LogP contribution is 2.49. The van der Waals surface area contributed by atoms with Gasteiger partial charge in [-0.05, 0) is 41.2 Å². The summed E-state index contributed by atoms with van der Waals surface area (Å²) in [7, 11) is 0. The molecule has 1 heterocycles. The van der Waals surface area contributed by atoms with E-state index >= 15 is 0 Å². The molecule has 1 aliphatic carbocycles. The molecule has 3 aromatic rings. The molecule has 1 aliphatic heterocycles. The van der Waals surface area contributed by atoms with Gasteiger partial charge in [0.25, 0.3) is 0 Å². The predicted octanol–water partition coefficient (Wildman–Crippen LogP) is 6.73. The number of amides is 1. The largest absolute Gasteiger partial charge is 0.357 e. The van der Waals surface area contributed by atoms with Crippen LogP contribution in [0, 0.1) is 5.41 Å². The molecule has 0 saturated carbocycles. The number of anilines is 2. The number of hydrogen-bond donors (Lipinski definition) is 1. The molecular formula is C29H27ClN2O2. The summed E-state index contributed by atoms with van der Waals surface area (Å²) in [5, 5.41) is 4.07. The van der Waals surface area contributed by atoms with Crippen LogP contribution in [-0.4, -0.2) is 11.7 Å². The Bertz CT molecular complexity index is 1300. The average molecular weight is 471 g/mol. The minimum absolute atomic E-state index is 0.0500. The number of carbonyl (C=O) groups is 2. The molecule has 0 bridgehead atoms. The summed E-state index contributed by atoms with van der Waals surface area (Å²) < 4.78 is 0. The van der Waals surface area contributed by atoms with Crippen molar-refractivity contribution in [2.24, 2.45) is 5.41 Å². The van der Waals surface area contributed by atoms with Crippen LogP contribution in [0.4, 0.5) is 11.4 Å². The van der Waals surface area contributed by atoms with Crippen LogP contribution in [-0.2, 0) is 16.0 Å². The number of halogens is 1. The van der Waals surface area contributed by atoms with Crippen LogP contribution in [0.2, 0.25) is 5.02 Å². The number of nitrogens with one attached hydrogen (secondary N) is 1. The van der Waals surface area contributed by atoms with E-state index in [1.54, 1.807) is 4.90 Å². The van der Waals surface area contributed by atoms with Gasteiger partial charge in [-0.1, -0.05) is 86.1 Å². The Kier molecular flexibility index (Phi) is 5.78. The zero-order valence-electron chi connectivity index (χ0n) is 19.3. The maximum absolute atomic E-state index is 14.0. The first kappa shape index (κ1) is 22.4. The molecule has 172 valence electrons. The molecule has 0 fully saturated rings. The van der Waals surface area contributed by atoms with Gasteiger partial charge in [0.2, 0.25) is 5.91 Å². The van der Waals surface area contributed by atoms with Crippen LogP contribution in [0.1, 0.15) is 43.9 Å². The van der Waals surface area contributed by atoms with E-state index in [1.165, 1.54) is 0 Å². The van der Waals surface area contributed by atoms with Crippen LogP contribution >= 0.6 is 11.6 Å². The van der Waals surface area contributed by atoms with E-state index in [4.69, 9.17) is 11.6 Å². The number of benzene rings is 3. The standard InChI is InChI=1S/C29H27ClN2O2/c1-29(2)17-23-27(25(33)18-29)28(20-12-6-7-13-21(20)30)32(24-15-9-8-14-22(24)31-23)26(34)16-19-10-4-3-5-11-19/h3-15,28,31H,16-18H2,1-2H3/t28-/m0/s1. The maximum Gasteiger partial charge on any atom is 0.232 e. The van der Waals surface area contributed by atoms with E-state index in [2.05, 4.69) is 19.2 Å². The lowest BCUT2D eigenvalue weighted by molar-refractivity contribution is -0.119. The molecule has 1 amide bonds. The molecule has 2 aliphatic rings. The first-order valence-electron chi connectivity index (χ1n) is 11.6. The van der Waals surface area contributed by atoms with Crippen LogP contribution in [0.3, 0.4) is 0 Å². The van der Waals surface area contributed by atoms with Gasteiger partial charge in [-0.2, -0.15) is 0 Å². The van der Waals surface area contributed by atoms with E-state index in [0.717, 1.165) is 28.2 Å². The lowest BCUT2D eigenvalue weighted by Gasteiger charge is -2.37. The third-order valence-corrected chi connectivity index (χ3v) is 6.91. The summed E-state index contributed by atoms with van der Waals surface area (Å²) in [5.41, 5.74) is 4.56. The van der Waals surface area contributed by atoms with Gasteiger partial charge in [-0.25, -0.2) is 0 Å². The van der Waals surface area contributed by atoms with Gasteiger partial charge in [0.05, 0.1) is 23.8 Å². The summed E-state index contributed by atoms with van der Waals surface area (Å²) in [6, 6.07) is 24.3. The highest BCUT2D eigenvalue weighted by Gasteiger charge is 2.43. The van der Waals surface area contributed by atoms with E-state index in [9.17, 15) is 9.59 Å². The minimum Gasteiger partial charge on any atom is -0.357 e. The van der Waals surface area contributed by atoms with Crippen LogP contribution in [0.5, 0.6) is 0 Å². The third kappa shape index (κ3) is 4.14. The number of nitrogens with zero attached hydrogens (tertiary/aromatic N) is 1. The fourth-order valence-corrected chi connectivity index (χ4v) is 5.35. The molecule has 1 atom stereocenters. The Morgan fingerprint density at radius 3 is 2.41 bits per heavy atom.